The first kappa shape index (κ1) is 16.2. The second-order valence-electron chi connectivity index (χ2n) is 6.00. The molecule has 0 aliphatic carbocycles. The molecule has 0 aliphatic rings. The van der Waals surface area contributed by atoms with E-state index in [1.54, 1.807) is 28.4 Å². The standard InChI is InChI=1S/C19H13ClN6S/c1-26-10-7-12(25-26)15-13(11-5-3-2-4-6-11)14-16(20)23-18(24-19(14)27-15)17-21-8-9-22-17/h2-10H,1H3,(H,21,22). The lowest BCUT2D eigenvalue weighted by Gasteiger charge is -2.05. The topological polar surface area (TPSA) is 72.3 Å². The van der Waals surface area contributed by atoms with E-state index in [1.165, 1.54) is 0 Å². The lowest BCUT2D eigenvalue weighted by Crippen LogP contribution is -1.92. The number of nitrogens with zero attached hydrogens (tertiary/aromatic N) is 5. The maximum Gasteiger partial charge on any atom is 0.198 e. The van der Waals surface area contributed by atoms with Crippen molar-refractivity contribution < 1.29 is 0 Å². The number of aryl methyl sites for hydroxylation is 1. The first-order valence-electron chi connectivity index (χ1n) is 8.26. The number of fused-ring (bicyclic) bond motifs is 1. The lowest BCUT2D eigenvalue weighted by molar-refractivity contribution is 0.771. The first-order chi connectivity index (χ1) is 13.2. The molecule has 0 unspecified atom stereocenters. The van der Waals surface area contributed by atoms with Crippen molar-refractivity contribution in [3.8, 4) is 33.3 Å². The van der Waals surface area contributed by atoms with Gasteiger partial charge >= 0.3 is 0 Å². The summed E-state index contributed by atoms with van der Waals surface area (Å²) in [4.78, 5) is 18.3. The van der Waals surface area contributed by atoms with Crippen LogP contribution in [-0.2, 0) is 7.05 Å². The van der Waals surface area contributed by atoms with Crippen LogP contribution in [0.4, 0.5) is 0 Å². The van der Waals surface area contributed by atoms with Crippen molar-refractivity contribution in [3.63, 3.8) is 0 Å². The highest BCUT2D eigenvalue weighted by molar-refractivity contribution is 7.22. The predicted octanol–water partition coefficient (Wildman–Crippen LogP) is 4.80. The Balaban J connectivity index is 1.84. The molecule has 1 N–H and O–H groups in total. The number of thiophene rings is 1. The van der Waals surface area contributed by atoms with E-state index in [9.17, 15) is 0 Å². The molecule has 132 valence electrons. The van der Waals surface area contributed by atoms with Gasteiger partial charge in [0.2, 0.25) is 0 Å². The van der Waals surface area contributed by atoms with E-state index in [0.717, 1.165) is 31.9 Å². The molecule has 0 fully saturated rings. The summed E-state index contributed by atoms with van der Waals surface area (Å²) in [6.45, 7) is 0. The van der Waals surface area contributed by atoms with Crippen LogP contribution in [0.1, 0.15) is 0 Å². The quantitative estimate of drug-likeness (QED) is 0.447. The van der Waals surface area contributed by atoms with Crippen LogP contribution < -0.4 is 0 Å². The highest BCUT2D eigenvalue weighted by Crippen LogP contribution is 2.45. The largest absolute Gasteiger partial charge is 0.342 e. The molecule has 4 aromatic heterocycles. The molecule has 27 heavy (non-hydrogen) atoms. The summed E-state index contributed by atoms with van der Waals surface area (Å²) in [5.41, 5.74) is 2.95. The minimum atomic E-state index is 0.406. The monoisotopic (exact) mass is 392 g/mol. The van der Waals surface area contributed by atoms with Gasteiger partial charge in [0, 0.05) is 31.2 Å². The van der Waals surface area contributed by atoms with Crippen LogP contribution in [0.5, 0.6) is 0 Å². The van der Waals surface area contributed by atoms with Gasteiger partial charge in [0.1, 0.15) is 15.7 Å². The number of benzene rings is 1. The molecule has 0 saturated heterocycles. The maximum atomic E-state index is 6.63. The van der Waals surface area contributed by atoms with Crippen molar-refractivity contribution in [1.29, 1.82) is 0 Å². The minimum Gasteiger partial charge on any atom is -0.342 e. The Kier molecular flexibility index (Phi) is 3.77. The molecular formula is C19H13ClN6S. The van der Waals surface area contributed by atoms with Gasteiger partial charge in [-0.3, -0.25) is 4.68 Å². The van der Waals surface area contributed by atoms with Crippen LogP contribution in [0.25, 0.3) is 43.6 Å². The molecule has 4 heterocycles. The third kappa shape index (κ3) is 2.72. The normalized spacial score (nSPS) is 11.3. The number of hydrogen-bond donors (Lipinski definition) is 1. The van der Waals surface area contributed by atoms with E-state index in [0.29, 0.717) is 16.8 Å². The third-order valence-corrected chi connectivity index (χ3v) is 5.61. The van der Waals surface area contributed by atoms with Crippen LogP contribution >= 0.6 is 22.9 Å². The molecule has 0 radical (unpaired) electrons. The van der Waals surface area contributed by atoms with E-state index >= 15 is 0 Å². The van der Waals surface area contributed by atoms with Crippen molar-refractivity contribution in [1.82, 2.24) is 29.7 Å². The van der Waals surface area contributed by atoms with E-state index in [-0.39, 0.29) is 0 Å². The van der Waals surface area contributed by atoms with Gasteiger partial charge < -0.3 is 4.98 Å². The van der Waals surface area contributed by atoms with Crippen LogP contribution in [0.2, 0.25) is 5.15 Å². The van der Waals surface area contributed by atoms with Crippen molar-refractivity contribution in [2.75, 3.05) is 0 Å². The molecule has 5 aromatic rings. The van der Waals surface area contributed by atoms with Crippen molar-refractivity contribution in [2.24, 2.45) is 7.05 Å². The van der Waals surface area contributed by atoms with Crippen LogP contribution in [0.15, 0.2) is 55.0 Å². The van der Waals surface area contributed by atoms with Gasteiger partial charge in [-0.2, -0.15) is 5.10 Å². The van der Waals surface area contributed by atoms with Gasteiger partial charge in [0.25, 0.3) is 0 Å². The molecule has 0 atom stereocenters. The average Bonchev–Trinajstić information content (AvgIpc) is 3.41. The van der Waals surface area contributed by atoms with Gasteiger partial charge in [-0.05, 0) is 11.6 Å². The van der Waals surface area contributed by atoms with Crippen LogP contribution in [0, 0.1) is 0 Å². The van der Waals surface area contributed by atoms with E-state index < -0.39 is 0 Å². The number of aromatic nitrogens is 6. The summed E-state index contributed by atoms with van der Waals surface area (Å²) < 4.78 is 1.79. The maximum absolute atomic E-state index is 6.63. The second-order valence-corrected chi connectivity index (χ2v) is 7.36. The van der Waals surface area contributed by atoms with Crippen LogP contribution in [-0.4, -0.2) is 29.7 Å². The van der Waals surface area contributed by atoms with E-state index in [4.69, 9.17) is 16.6 Å². The van der Waals surface area contributed by atoms with Gasteiger partial charge in [-0.1, -0.05) is 41.9 Å². The zero-order valence-corrected chi connectivity index (χ0v) is 15.8. The summed E-state index contributed by atoms with van der Waals surface area (Å²) in [7, 11) is 1.90. The number of imidazole rings is 1. The fourth-order valence-corrected chi connectivity index (χ4v) is 4.53. The molecule has 0 amide bonds. The van der Waals surface area contributed by atoms with Gasteiger partial charge in [0.15, 0.2) is 11.6 Å². The summed E-state index contributed by atoms with van der Waals surface area (Å²) in [6.07, 6.45) is 5.33. The average molecular weight is 393 g/mol. The molecule has 1 aromatic carbocycles. The van der Waals surface area contributed by atoms with Crippen molar-refractivity contribution in [2.45, 2.75) is 0 Å². The number of nitrogens with one attached hydrogen (secondary N) is 1. The van der Waals surface area contributed by atoms with Crippen molar-refractivity contribution in [3.05, 3.63) is 60.1 Å². The summed E-state index contributed by atoms with van der Waals surface area (Å²) in [5.74, 6) is 1.07. The zero-order chi connectivity index (χ0) is 18.4. The highest BCUT2D eigenvalue weighted by atomic mass is 35.5. The fourth-order valence-electron chi connectivity index (χ4n) is 3.05. The Bertz CT molecular complexity index is 1240. The molecular weight excluding hydrogens is 380 g/mol. The Hall–Kier alpha value is -3.03. The number of hydrogen-bond acceptors (Lipinski definition) is 5. The molecule has 0 aliphatic heterocycles. The smallest absolute Gasteiger partial charge is 0.198 e. The number of aromatic amines is 1. The molecule has 0 bridgehead atoms. The Morgan fingerprint density at radius 3 is 2.67 bits per heavy atom. The van der Waals surface area contributed by atoms with E-state index in [1.807, 2.05) is 37.5 Å². The predicted molar refractivity (Wildman–Crippen MR) is 108 cm³/mol. The Morgan fingerprint density at radius 2 is 1.96 bits per heavy atom. The molecule has 5 rings (SSSR count). The zero-order valence-electron chi connectivity index (χ0n) is 14.2. The van der Waals surface area contributed by atoms with Gasteiger partial charge in [-0.25, -0.2) is 15.0 Å². The molecule has 0 saturated carbocycles. The number of halogens is 1. The number of H-pyrrole nitrogens is 1. The van der Waals surface area contributed by atoms with E-state index in [2.05, 4.69) is 32.2 Å². The molecule has 0 spiro atoms. The Labute approximate surface area is 163 Å². The second kappa shape index (κ2) is 6.29. The third-order valence-electron chi connectivity index (χ3n) is 4.23. The molecule has 6 nitrogen and oxygen atoms in total. The fraction of sp³-hybridized carbons (Fsp3) is 0.0526. The lowest BCUT2D eigenvalue weighted by atomic mass is 10.0. The summed E-state index contributed by atoms with van der Waals surface area (Å²) in [5, 5.41) is 5.82. The highest BCUT2D eigenvalue weighted by Gasteiger charge is 2.22. The summed E-state index contributed by atoms with van der Waals surface area (Å²) >= 11 is 8.19. The minimum absolute atomic E-state index is 0.406. The molecule has 8 heteroatoms. The Morgan fingerprint density at radius 1 is 1.11 bits per heavy atom. The first-order valence-corrected chi connectivity index (χ1v) is 9.45. The number of rotatable bonds is 3. The van der Waals surface area contributed by atoms with Crippen molar-refractivity contribution >= 4 is 33.2 Å². The van der Waals surface area contributed by atoms with Gasteiger partial charge in [-0.15, -0.1) is 11.3 Å². The summed E-state index contributed by atoms with van der Waals surface area (Å²) in [6, 6.07) is 12.1. The van der Waals surface area contributed by atoms with Gasteiger partial charge in [0.05, 0.1) is 10.3 Å². The SMILES string of the molecule is Cn1ccc(-c2sc3nc(-c4ncc[nH]4)nc(Cl)c3c2-c2ccccc2)n1. The van der Waals surface area contributed by atoms with Crippen LogP contribution in [0.3, 0.4) is 0 Å².